The van der Waals surface area contributed by atoms with E-state index in [0.717, 1.165) is 12.3 Å². The highest BCUT2D eigenvalue weighted by molar-refractivity contribution is 4.89. The van der Waals surface area contributed by atoms with Crippen molar-refractivity contribution in [1.82, 2.24) is 9.97 Å². The Morgan fingerprint density at radius 2 is 1.63 bits per heavy atom. The molecule has 1 rings (SSSR count). The van der Waals surface area contributed by atoms with Crippen LogP contribution in [-0.2, 0) is 6.42 Å². The average molecular weight is 264 g/mol. The predicted octanol–water partition coefficient (Wildman–Crippen LogP) is 5.51. The smallest absolute Gasteiger partial charge is 0.106 e. The molecule has 0 saturated heterocycles. The average Bonchev–Trinajstić information content (AvgIpc) is 2.92. The van der Waals surface area contributed by atoms with Gasteiger partial charge in [0.2, 0.25) is 0 Å². The van der Waals surface area contributed by atoms with Crippen molar-refractivity contribution in [2.24, 2.45) is 5.92 Å². The summed E-state index contributed by atoms with van der Waals surface area (Å²) in [6.45, 7) is 4.57. The van der Waals surface area contributed by atoms with Gasteiger partial charge >= 0.3 is 0 Å². The standard InChI is InChI=1S/C17H32N2/c1-3-5-7-8-9-10-12-16(11-6-4-2)15-17-18-13-14-19-17/h13-14,16H,3-12,15H2,1-2H3,(H,18,19). The number of imidazole rings is 1. The summed E-state index contributed by atoms with van der Waals surface area (Å²) in [5, 5.41) is 0. The molecule has 1 unspecified atom stereocenters. The summed E-state index contributed by atoms with van der Waals surface area (Å²) in [7, 11) is 0. The number of nitrogens with one attached hydrogen (secondary N) is 1. The van der Waals surface area contributed by atoms with Gasteiger partial charge < -0.3 is 4.98 Å². The molecule has 0 radical (unpaired) electrons. The molecule has 19 heavy (non-hydrogen) atoms. The van der Waals surface area contributed by atoms with Crippen LogP contribution < -0.4 is 0 Å². The Kier molecular flexibility index (Phi) is 9.48. The number of aromatic nitrogens is 2. The summed E-state index contributed by atoms with van der Waals surface area (Å²) in [5.74, 6) is 2.00. The highest BCUT2D eigenvalue weighted by Crippen LogP contribution is 2.20. The van der Waals surface area contributed by atoms with Gasteiger partial charge in [0.25, 0.3) is 0 Å². The fourth-order valence-electron chi connectivity index (χ4n) is 2.74. The molecule has 0 spiro atoms. The molecule has 0 aliphatic heterocycles. The molecule has 0 saturated carbocycles. The van der Waals surface area contributed by atoms with Crippen LogP contribution >= 0.6 is 0 Å². The molecule has 0 amide bonds. The Morgan fingerprint density at radius 1 is 0.947 bits per heavy atom. The van der Waals surface area contributed by atoms with Gasteiger partial charge in [0.15, 0.2) is 0 Å². The Labute approximate surface area is 119 Å². The van der Waals surface area contributed by atoms with Crippen LogP contribution in [0, 0.1) is 5.92 Å². The van der Waals surface area contributed by atoms with E-state index in [9.17, 15) is 0 Å². The second-order valence-electron chi connectivity index (χ2n) is 5.80. The summed E-state index contributed by atoms with van der Waals surface area (Å²) in [6, 6.07) is 0. The third-order valence-corrected chi connectivity index (χ3v) is 3.97. The fraction of sp³-hybridized carbons (Fsp3) is 0.824. The van der Waals surface area contributed by atoms with E-state index in [-0.39, 0.29) is 0 Å². The van der Waals surface area contributed by atoms with Gasteiger partial charge in [-0.15, -0.1) is 0 Å². The Balaban J connectivity index is 2.17. The van der Waals surface area contributed by atoms with Gasteiger partial charge in [0.05, 0.1) is 0 Å². The van der Waals surface area contributed by atoms with Crippen molar-refractivity contribution in [2.45, 2.75) is 84.5 Å². The van der Waals surface area contributed by atoms with Crippen LogP contribution in [-0.4, -0.2) is 9.97 Å². The molecular formula is C17H32N2. The van der Waals surface area contributed by atoms with E-state index in [0.29, 0.717) is 0 Å². The van der Waals surface area contributed by atoms with Gasteiger partial charge in [-0.05, 0) is 5.92 Å². The number of aromatic amines is 1. The minimum absolute atomic E-state index is 0.831. The molecule has 0 bridgehead atoms. The molecule has 1 N–H and O–H groups in total. The molecule has 1 atom stereocenters. The van der Waals surface area contributed by atoms with Gasteiger partial charge in [-0.3, -0.25) is 0 Å². The van der Waals surface area contributed by atoms with Crippen LogP contribution in [0.1, 0.15) is 83.9 Å². The second-order valence-corrected chi connectivity index (χ2v) is 5.80. The first-order chi connectivity index (χ1) is 9.36. The van der Waals surface area contributed by atoms with Gasteiger partial charge in [0.1, 0.15) is 5.82 Å². The van der Waals surface area contributed by atoms with E-state index >= 15 is 0 Å². The molecule has 0 aliphatic rings. The number of unbranched alkanes of at least 4 members (excludes halogenated alkanes) is 6. The zero-order chi connectivity index (χ0) is 13.8. The van der Waals surface area contributed by atoms with E-state index < -0.39 is 0 Å². The van der Waals surface area contributed by atoms with Crippen LogP contribution in [0.2, 0.25) is 0 Å². The van der Waals surface area contributed by atoms with Crippen molar-refractivity contribution in [2.75, 3.05) is 0 Å². The molecule has 0 aliphatic carbocycles. The molecule has 1 heterocycles. The third-order valence-electron chi connectivity index (χ3n) is 3.97. The lowest BCUT2D eigenvalue weighted by Crippen LogP contribution is -2.06. The summed E-state index contributed by atoms with van der Waals surface area (Å²) >= 11 is 0. The summed E-state index contributed by atoms with van der Waals surface area (Å²) in [6.07, 6.45) is 18.8. The molecule has 0 aromatic carbocycles. The van der Waals surface area contributed by atoms with Gasteiger partial charge in [-0.2, -0.15) is 0 Å². The summed E-state index contributed by atoms with van der Waals surface area (Å²) in [5.41, 5.74) is 0. The zero-order valence-corrected chi connectivity index (χ0v) is 13.0. The van der Waals surface area contributed by atoms with Crippen molar-refractivity contribution in [1.29, 1.82) is 0 Å². The Morgan fingerprint density at radius 3 is 2.32 bits per heavy atom. The van der Waals surface area contributed by atoms with Crippen LogP contribution in [0.4, 0.5) is 0 Å². The highest BCUT2D eigenvalue weighted by Gasteiger charge is 2.10. The van der Waals surface area contributed by atoms with E-state index in [1.165, 1.54) is 70.0 Å². The number of rotatable bonds is 12. The van der Waals surface area contributed by atoms with E-state index in [1.54, 1.807) is 0 Å². The summed E-state index contributed by atoms with van der Waals surface area (Å²) < 4.78 is 0. The quantitative estimate of drug-likeness (QED) is 0.495. The van der Waals surface area contributed by atoms with Crippen molar-refractivity contribution >= 4 is 0 Å². The monoisotopic (exact) mass is 264 g/mol. The first-order valence-corrected chi connectivity index (χ1v) is 8.35. The van der Waals surface area contributed by atoms with Crippen molar-refractivity contribution in [3.8, 4) is 0 Å². The predicted molar refractivity (Wildman–Crippen MR) is 83.3 cm³/mol. The maximum absolute atomic E-state index is 4.38. The number of nitrogens with zero attached hydrogens (tertiary/aromatic N) is 1. The lowest BCUT2D eigenvalue weighted by atomic mass is 9.92. The van der Waals surface area contributed by atoms with Crippen LogP contribution in [0.5, 0.6) is 0 Å². The van der Waals surface area contributed by atoms with Crippen LogP contribution in [0.3, 0.4) is 0 Å². The highest BCUT2D eigenvalue weighted by atomic mass is 14.9. The topological polar surface area (TPSA) is 28.7 Å². The maximum atomic E-state index is 4.38. The van der Waals surface area contributed by atoms with Gasteiger partial charge in [-0.1, -0.05) is 78.1 Å². The SMILES string of the molecule is CCCCCCCCC(CCCC)Cc1ncc[nH]1. The van der Waals surface area contributed by atoms with E-state index in [1.807, 2.05) is 12.4 Å². The third kappa shape index (κ3) is 8.07. The largest absolute Gasteiger partial charge is 0.349 e. The first kappa shape index (κ1) is 16.3. The number of H-pyrrole nitrogens is 1. The normalized spacial score (nSPS) is 12.7. The van der Waals surface area contributed by atoms with E-state index in [4.69, 9.17) is 0 Å². The first-order valence-electron chi connectivity index (χ1n) is 8.35. The molecule has 110 valence electrons. The Bertz CT molecular complexity index is 279. The minimum atomic E-state index is 0.831. The lowest BCUT2D eigenvalue weighted by Gasteiger charge is -2.15. The van der Waals surface area contributed by atoms with Gasteiger partial charge in [0, 0.05) is 18.8 Å². The molecule has 1 aromatic rings. The van der Waals surface area contributed by atoms with Crippen molar-refractivity contribution in [3.63, 3.8) is 0 Å². The molecular weight excluding hydrogens is 232 g/mol. The van der Waals surface area contributed by atoms with Crippen LogP contribution in [0.15, 0.2) is 12.4 Å². The van der Waals surface area contributed by atoms with Crippen LogP contribution in [0.25, 0.3) is 0 Å². The Hall–Kier alpha value is -0.790. The second kappa shape index (κ2) is 11.1. The summed E-state index contributed by atoms with van der Waals surface area (Å²) in [4.78, 5) is 7.63. The van der Waals surface area contributed by atoms with Gasteiger partial charge in [-0.25, -0.2) is 4.98 Å². The van der Waals surface area contributed by atoms with Crippen molar-refractivity contribution < 1.29 is 0 Å². The maximum Gasteiger partial charge on any atom is 0.106 e. The lowest BCUT2D eigenvalue weighted by molar-refractivity contribution is 0.402. The minimum Gasteiger partial charge on any atom is -0.349 e. The molecule has 2 heteroatoms. The molecule has 1 aromatic heterocycles. The van der Waals surface area contributed by atoms with Crippen molar-refractivity contribution in [3.05, 3.63) is 18.2 Å². The number of hydrogen-bond acceptors (Lipinski definition) is 1. The molecule has 0 fully saturated rings. The van der Waals surface area contributed by atoms with E-state index in [2.05, 4.69) is 23.8 Å². The zero-order valence-electron chi connectivity index (χ0n) is 13.0. The fourth-order valence-corrected chi connectivity index (χ4v) is 2.74. The molecule has 2 nitrogen and oxygen atoms in total. The number of hydrogen-bond donors (Lipinski definition) is 1.